The molecular formula is C15H14O3. The van der Waals surface area contributed by atoms with Gasteiger partial charge in [0.2, 0.25) is 0 Å². The second kappa shape index (κ2) is 5.36. The molecule has 1 atom stereocenters. The Labute approximate surface area is 105 Å². The van der Waals surface area contributed by atoms with E-state index in [0.29, 0.717) is 0 Å². The van der Waals surface area contributed by atoms with Crippen molar-refractivity contribution in [3.8, 4) is 0 Å². The Kier molecular flexibility index (Phi) is 3.63. The summed E-state index contributed by atoms with van der Waals surface area (Å²) in [7, 11) is 0. The number of carbonyl (C=O) groups is 1. The van der Waals surface area contributed by atoms with Crippen LogP contribution in [0, 0.1) is 0 Å². The van der Waals surface area contributed by atoms with Crippen molar-refractivity contribution in [2.75, 3.05) is 0 Å². The van der Waals surface area contributed by atoms with Crippen LogP contribution < -0.4 is 0 Å². The third-order valence-corrected chi connectivity index (χ3v) is 2.79. The van der Waals surface area contributed by atoms with E-state index in [9.17, 15) is 4.79 Å². The van der Waals surface area contributed by atoms with E-state index in [1.54, 1.807) is 13.2 Å². The normalized spacial score (nSPS) is 12.7. The lowest BCUT2D eigenvalue weighted by atomic mass is 10.00. The van der Waals surface area contributed by atoms with Gasteiger partial charge in [0, 0.05) is 0 Å². The molecule has 0 aliphatic heterocycles. The van der Waals surface area contributed by atoms with Gasteiger partial charge in [-0.25, -0.2) is 0 Å². The predicted octanol–water partition coefficient (Wildman–Crippen LogP) is 3.64. The van der Waals surface area contributed by atoms with E-state index in [1.807, 2.05) is 48.6 Å². The number of aliphatic carboxylic acids is 1. The molecule has 0 spiro atoms. The summed E-state index contributed by atoms with van der Waals surface area (Å²) >= 11 is 0. The van der Waals surface area contributed by atoms with E-state index in [4.69, 9.17) is 9.52 Å². The topological polar surface area (TPSA) is 50.4 Å². The van der Waals surface area contributed by atoms with Crippen molar-refractivity contribution in [2.24, 2.45) is 0 Å². The molecule has 0 bridgehead atoms. The third kappa shape index (κ3) is 2.88. The van der Waals surface area contributed by atoms with E-state index >= 15 is 0 Å². The first kappa shape index (κ1) is 12.2. The zero-order chi connectivity index (χ0) is 13.0. The van der Waals surface area contributed by atoms with Crippen LogP contribution in [0.25, 0.3) is 12.2 Å². The van der Waals surface area contributed by atoms with Gasteiger partial charge in [0.15, 0.2) is 0 Å². The van der Waals surface area contributed by atoms with Crippen LogP contribution in [0.3, 0.4) is 0 Å². The van der Waals surface area contributed by atoms with Gasteiger partial charge in [-0.15, -0.1) is 0 Å². The zero-order valence-electron chi connectivity index (χ0n) is 10.0. The van der Waals surface area contributed by atoms with Crippen LogP contribution in [-0.4, -0.2) is 11.1 Å². The minimum Gasteiger partial charge on any atom is -0.481 e. The number of carboxylic acids is 1. The number of rotatable bonds is 4. The lowest BCUT2D eigenvalue weighted by Crippen LogP contribution is -2.06. The molecule has 0 amide bonds. The first-order valence-corrected chi connectivity index (χ1v) is 5.71. The molecule has 0 fully saturated rings. The summed E-state index contributed by atoms with van der Waals surface area (Å²) in [6.45, 7) is 1.68. The molecule has 3 nitrogen and oxygen atoms in total. The largest absolute Gasteiger partial charge is 0.481 e. The average molecular weight is 242 g/mol. The van der Waals surface area contributed by atoms with Crippen LogP contribution in [0.1, 0.15) is 29.7 Å². The van der Waals surface area contributed by atoms with E-state index in [2.05, 4.69) is 0 Å². The fourth-order valence-electron chi connectivity index (χ4n) is 1.60. The highest BCUT2D eigenvalue weighted by Crippen LogP contribution is 2.17. The number of benzene rings is 1. The minimum atomic E-state index is -0.811. The van der Waals surface area contributed by atoms with Crippen molar-refractivity contribution >= 4 is 18.1 Å². The predicted molar refractivity (Wildman–Crippen MR) is 70.1 cm³/mol. The third-order valence-electron chi connectivity index (χ3n) is 2.79. The minimum absolute atomic E-state index is 0.479. The van der Waals surface area contributed by atoms with Crippen molar-refractivity contribution in [3.63, 3.8) is 0 Å². The second-order valence-corrected chi connectivity index (χ2v) is 4.08. The van der Waals surface area contributed by atoms with E-state index < -0.39 is 11.9 Å². The zero-order valence-corrected chi connectivity index (χ0v) is 10.0. The molecule has 92 valence electrons. The molecule has 1 aromatic carbocycles. The van der Waals surface area contributed by atoms with Crippen molar-refractivity contribution in [1.29, 1.82) is 0 Å². The number of carboxylic acid groups (broad SMARTS) is 1. The summed E-state index contributed by atoms with van der Waals surface area (Å²) in [5.41, 5.74) is 1.81. The standard InChI is InChI=1S/C15H14O3/c1-11(15(16)17)13-7-4-12(5-8-13)6-9-14-3-2-10-18-14/h2-11H,1H3,(H,16,17). The van der Waals surface area contributed by atoms with Gasteiger partial charge in [-0.1, -0.05) is 30.3 Å². The molecule has 0 saturated heterocycles. The molecule has 0 aliphatic rings. The Morgan fingerprint density at radius 1 is 1.22 bits per heavy atom. The van der Waals surface area contributed by atoms with Gasteiger partial charge < -0.3 is 9.52 Å². The Morgan fingerprint density at radius 3 is 2.50 bits per heavy atom. The molecule has 1 N–H and O–H groups in total. The van der Waals surface area contributed by atoms with Gasteiger partial charge in [-0.05, 0) is 36.3 Å². The maximum atomic E-state index is 10.8. The quantitative estimate of drug-likeness (QED) is 0.890. The van der Waals surface area contributed by atoms with Gasteiger partial charge >= 0.3 is 5.97 Å². The highest BCUT2D eigenvalue weighted by Gasteiger charge is 2.12. The van der Waals surface area contributed by atoms with Crippen LogP contribution >= 0.6 is 0 Å². The van der Waals surface area contributed by atoms with Crippen LogP contribution in [0.2, 0.25) is 0 Å². The molecule has 1 unspecified atom stereocenters. The van der Waals surface area contributed by atoms with Crippen molar-refractivity contribution in [1.82, 2.24) is 0 Å². The second-order valence-electron chi connectivity index (χ2n) is 4.08. The van der Waals surface area contributed by atoms with Crippen LogP contribution in [0.15, 0.2) is 47.1 Å². The molecule has 0 radical (unpaired) electrons. The Bertz CT molecular complexity index is 536. The Hall–Kier alpha value is -2.29. The summed E-state index contributed by atoms with van der Waals surface area (Å²) in [4.78, 5) is 10.8. The lowest BCUT2D eigenvalue weighted by molar-refractivity contribution is -0.138. The fourth-order valence-corrected chi connectivity index (χ4v) is 1.60. The van der Waals surface area contributed by atoms with E-state index in [-0.39, 0.29) is 0 Å². The SMILES string of the molecule is CC(C(=O)O)c1ccc(C=Cc2ccco2)cc1. The van der Waals surface area contributed by atoms with Crippen LogP contribution in [0.4, 0.5) is 0 Å². The summed E-state index contributed by atoms with van der Waals surface area (Å²) in [6.07, 6.45) is 5.42. The summed E-state index contributed by atoms with van der Waals surface area (Å²) in [5, 5.41) is 8.91. The maximum absolute atomic E-state index is 10.8. The molecule has 1 aromatic heterocycles. The maximum Gasteiger partial charge on any atom is 0.310 e. The van der Waals surface area contributed by atoms with Gasteiger partial charge in [0.05, 0.1) is 12.2 Å². The first-order chi connectivity index (χ1) is 8.66. The van der Waals surface area contributed by atoms with Gasteiger partial charge in [0.25, 0.3) is 0 Å². The first-order valence-electron chi connectivity index (χ1n) is 5.71. The molecule has 18 heavy (non-hydrogen) atoms. The molecule has 3 heteroatoms. The molecule has 0 aliphatic carbocycles. The number of hydrogen-bond donors (Lipinski definition) is 1. The summed E-state index contributed by atoms with van der Waals surface area (Å²) in [5.74, 6) is -0.500. The molecular weight excluding hydrogens is 228 g/mol. The number of furan rings is 1. The smallest absolute Gasteiger partial charge is 0.310 e. The van der Waals surface area contributed by atoms with Gasteiger partial charge in [-0.2, -0.15) is 0 Å². The molecule has 0 saturated carbocycles. The van der Waals surface area contributed by atoms with E-state index in [1.165, 1.54) is 0 Å². The Morgan fingerprint density at radius 2 is 1.94 bits per heavy atom. The van der Waals surface area contributed by atoms with Gasteiger partial charge in [-0.3, -0.25) is 4.79 Å². The van der Waals surface area contributed by atoms with Crippen molar-refractivity contribution in [2.45, 2.75) is 12.8 Å². The van der Waals surface area contributed by atoms with E-state index in [0.717, 1.165) is 16.9 Å². The Balaban J connectivity index is 2.11. The molecule has 1 heterocycles. The molecule has 2 rings (SSSR count). The molecule has 2 aromatic rings. The number of hydrogen-bond acceptors (Lipinski definition) is 2. The van der Waals surface area contributed by atoms with Crippen LogP contribution in [0.5, 0.6) is 0 Å². The lowest BCUT2D eigenvalue weighted by Gasteiger charge is -2.06. The van der Waals surface area contributed by atoms with Gasteiger partial charge in [0.1, 0.15) is 5.76 Å². The fraction of sp³-hybridized carbons (Fsp3) is 0.133. The highest BCUT2D eigenvalue weighted by molar-refractivity contribution is 5.76. The summed E-state index contributed by atoms with van der Waals surface area (Å²) < 4.78 is 5.18. The van der Waals surface area contributed by atoms with Crippen molar-refractivity contribution < 1.29 is 14.3 Å². The van der Waals surface area contributed by atoms with Crippen LogP contribution in [-0.2, 0) is 4.79 Å². The highest BCUT2D eigenvalue weighted by atomic mass is 16.4. The summed E-state index contributed by atoms with van der Waals surface area (Å²) in [6, 6.07) is 11.2. The van der Waals surface area contributed by atoms with Crippen molar-refractivity contribution in [3.05, 3.63) is 59.5 Å². The average Bonchev–Trinajstić information content (AvgIpc) is 2.89. The monoisotopic (exact) mass is 242 g/mol.